The van der Waals surface area contributed by atoms with E-state index in [0.717, 1.165) is 25.9 Å². The molecule has 1 atom stereocenters. The van der Waals surface area contributed by atoms with Gasteiger partial charge in [-0.3, -0.25) is 0 Å². The highest BCUT2D eigenvalue weighted by Crippen LogP contribution is 2.20. The third-order valence-corrected chi connectivity index (χ3v) is 3.02. The number of β-amino-alcohol motifs (C(OH)–C–C–N with tert-alkyl or cyclic N) is 1. The van der Waals surface area contributed by atoms with E-state index in [9.17, 15) is 10.2 Å². The number of aliphatic hydroxyl groups is 2. The quantitative estimate of drug-likeness (QED) is 0.728. The minimum absolute atomic E-state index is 0.164. The summed E-state index contributed by atoms with van der Waals surface area (Å²) in [5, 5.41) is 19.5. The van der Waals surface area contributed by atoms with E-state index in [1.54, 1.807) is 0 Å². The summed E-state index contributed by atoms with van der Waals surface area (Å²) in [4.78, 5) is 2.19. The number of rotatable bonds is 5. The van der Waals surface area contributed by atoms with Crippen LogP contribution in [0.3, 0.4) is 0 Å². The monoisotopic (exact) mass is 231 g/mol. The van der Waals surface area contributed by atoms with Crippen molar-refractivity contribution in [3.63, 3.8) is 0 Å². The zero-order chi connectivity index (χ0) is 12.2. The highest BCUT2D eigenvalue weighted by Gasteiger charge is 2.27. The molecule has 1 unspecified atom stereocenters. The lowest BCUT2D eigenvalue weighted by Crippen LogP contribution is -2.45. The van der Waals surface area contributed by atoms with E-state index in [1.165, 1.54) is 0 Å². The molecule has 1 fully saturated rings. The van der Waals surface area contributed by atoms with Crippen LogP contribution in [0.15, 0.2) is 0 Å². The molecule has 16 heavy (non-hydrogen) atoms. The topological polar surface area (TPSA) is 52.9 Å². The lowest BCUT2D eigenvalue weighted by Gasteiger charge is -2.36. The fourth-order valence-electron chi connectivity index (χ4n) is 1.87. The summed E-state index contributed by atoms with van der Waals surface area (Å²) in [5.74, 6) is 0. The molecular formula is C12H25NO3. The Bertz CT molecular complexity index is 196. The van der Waals surface area contributed by atoms with Crippen LogP contribution >= 0.6 is 0 Å². The first-order chi connectivity index (χ1) is 7.39. The van der Waals surface area contributed by atoms with Gasteiger partial charge >= 0.3 is 0 Å². The smallest absolute Gasteiger partial charge is 0.0900 e. The number of likely N-dealkylation sites (tertiary alicyclic amines) is 1. The molecule has 1 heterocycles. The van der Waals surface area contributed by atoms with Gasteiger partial charge in [0.25, 0.3) is 0 Å². The molecule has 1 saturated heterocycles. The van der Waals surface area contributed by atoms with Gasteiger partial charge in [-0.1, -0.05) is 0 Å². The average molecular weight is 231 g/mol. The Morgan fingerprint density at radius 2 is 1.88 bits per heavy atom. The molecule has 0 radical (unpaired) electrons. The number of ether oxygens (including phenoxy) is 1. The van der Waals surface area contributed by atoms with Gasteiger partial charge in [-0.15, -0.1) is 0 Å². The number of piperidine rings is 1. The van der Waals surface area contributed by atoms with Crippen molar-refractivity contribution >= 4 is 0 Å². The van der Waals surface area contributed by atoms with Crippen LogP contribution in [0.5, 0.6) is 0 Å². The van der Waals surface area contributed by atoms with Crippen molar-refractivity contribution in [3.05, 3.63) is 0 Å². The molecule has 1 aliphatic heterocycles. The maximum Gasteiger partial charge on any atom is 0.0900 e. The van der Waals surface area contributed by atoms with E-state index in [0.29, 0.717) is 13.2 Å². The van der Waals surface area contributed by atoms with Crippen LogP contribution in [0.25, 0.3) is 0 Å². The lowest BCUT2D eigenvalue weighted by atomic mass is 9.94. The van der Waals surface area contributed by atoms with E-state index < -0.39 is 11.7 Å². The molecule has 0 aromatic rings. The summed E-state index contributed by atoms with van der Waals surface area (Å²) in [6.07, 6.45) is 1.30. The highest BCUT2D eigenvalue weighted by molar-refractivity contribution is 4.82. The van der Waals surface area contributed by atoms with Crippen molar-refractivity contribution in [2.75, 3.05) is 26.2 Å². The van der Waals surface area contributed by atoms with Crippen molar-refractivity contribution in [1.29, 1.82) is 0 Å². The van der Waals surface area contributed by atoms with Gasteiger partial charge < -0.3 is 19.8 Å². The van der Waals surface area contributed by atoms with Gasteiger partial charge in [-0.2, -0.15) is 0 Å². The van der Waals surface area contributed by atoms with Crippen LogP contribution in [0, 0.1) is 0 Å². The van der Waals surface area contributed by atoms with Gasteiger partial charge in [0.2, 0.25) is 0 Å². The third kappa shape index (κ3) is 5.25. The first-order valence-electron chi connectivity index (χ1n) is 6.13. The summed E-state index contributed by atoms with van der Waals surface area (Å²) in [6, 6.07) is 0. The highest BCUT2D eigenvalue weighted by atomic mass is 16.5. The summed E-state index contributed by atoms with van der Waals surface area (Å²) >= 11 is 0. The fourth-order valence-corrected chi connectivity index (χ4v) is 1.87. The number of hydrogen-bond acceptors (Lipinski definition) is 4. The van der Waals surface area contributed by atoms with Crippen molar-refractivity contribution in [2.45, 2.75) is 51.4 Å². The van der Waals surface area contributed by atoms with Crippen LogP contribution in [0.4, 0.5) is 0 Å². The first-order valence-corrected chi connectivity index (χ1v) is 6.13. The van der Waals surface area contributed by atoms with Crippen LogP contribution < -0.4 is 0 Å². The Kier molecular flexibility index (Phi) is 5.18. The first kappa shape index (κ1) is 13.9. The molecule has 0 amide bonds. The Morgan fingerprint density at radius 1 is 1.31 bits per heavy atom. The van der Waals surface area contributed by atoms with Crippen molar-refractivity contribution in [3.8, 4) is 0 Å². The molecule has 2 N–H and O–H groups in total. The maximum atomic E-state index is 9.79. The molecule has 96 valence electrons. The Balaban J connectivity index is 2.18. The van der Waals surface area contributed by atoms with Gasteiger partial charge in [-0.25, -0.2) is 0 Å². The van der Waals surface area contributed by atoms with Crippen LogP contribution in [-0.4, -0.2) is 59.2 Å². The van der Waals surface area contributed by atoms with Crippen LogP contribution in [0.1, 0.15) is 33.6 Å². The zero-order valence-electron chi connectivity index (χ0n) is 10.6. The molecule has 0 spiro atoms. The molecule has 0 bridgehead atoms. The predicted molar refractivity (Wildman–Crippen MR) is 63.4 cm³/mol. The van der Waals surface area contributed by atoms with Crippen LogP contribution in [-0.2, 0) is 4.74 Å². The second kappa shape index (κ2) is 5.96. The lowest BCUT2D eigenvalue weighted by molar-refractivity contribution is -0.0368. The minimum Gasteiger partial charge on any atom is -0.390 e. The average Bonchev–Trinajstić information content (AvgIpc) is 2.18. The molecular weight excluding hydrogens is 206 g/mol. The van der Waals surface area contributed by atoms with Crippen LogP contribution in [0.2, 0.25) is 0 Å². The standard InChI is InChI=1S/C12H25NO3/c1-10(2)16-9-11(14)8-13-6-4-12(3,15)5-7-13/h10-11,14-15H,4-9H2,1-3H3. The van der Waals surface area contributed by atoms with E-state index in [4.69, 9.17) is 4.74 Å². The maximum absolute atomic E-state index is 9.79. The molecule has 1 aliphatic rings. The predicted octanol–water partition coefficient (Wildman–Crippen LogP) is 0.619. The Labute approximate surface area is 98.2 Å². The Hall–Kier alpha value is -0.160. The Morgan fingerprint density at radius 3 is 2.38 bits per heavy atom. The number of hydrogen-bond donors (Lipinski definition) is 2. The van der Waals surface area contributed by atoms with E-state index in [2.05, 4.69) is 4.90 Å². The largest absolute Gasteiger partial charge is 0.390 e. The summed E-state index contributed by atoms with van der Waals surface area (Å²) in [5.41, 5.74) is -0.518. The minimum atomic E-state index is -0.518. The van der Waals surface area contributed by atoms with Crippen molar-refractivity contribution < 1.29 is 14.9 Å². The summed E-state index contributed by atoms with van der Waals surface area (Å²) < 4.78 is 5.36. The summed E-state index contributed by atoms with van der Waals surface area (Å²) in [7, 11) is 0. The molecule has 0 saturated carbocycles. The number of aliphatic hydroxyl groups excluding tert-OH is 1. The van der Waals surface area contributed by atoms with Gasteiger partial charge in [0.15, 0.2) is 0 Å². The molecule has 0 aromatic heterocycles. The van der Waals surface area contributed by atoms with Gasteiger partial charge in [-0.05, 0) is 33.6 Å². The molecule has 4 heteroatoms. The molecule has 4 nitrogen and oxygen atoms in total. The fraction of sp³-hybridized carbons (Fsp3) is 1.00. The van der Waals surface area contributed by atoms with Gasteiger partial charge in [0, 0.05) is 19.6 Å². The van der Waals surface area contributed by atoms with E-state index >= 15 is 0 Å². The van der Waals surface area contributed by atoms with Crippen molar-refractivity contribution in [1.82, 2.24) is 4.90 Å². The van der Waals surface area contributed by atoms with E-state index in [-0.39, 0.29) is 6.10 Å². The van der Waals surface area contributed by atoms with Gasteiger partial charge in [0.05, 0.1) is 24.4 Å². The second-order valence-corrected chi connectivity index (χ2v) is 5.33. The SMILES string of the molecule is CC(C)OCC(O)CN1CCC(C)(O)CC1. The summed E-state index contributed by atoms with van der Waals surface area (Å²) in [6.45, 7) is 8.54. The normalized spacial score (nSPS) is 23.6. The third-order valence-electron chi connectivity index (χ3n) is 3.02. The zero-order valence-corrected chi connectivity index (χ0v) is 10.6. The second-order valence-electron chi connectivity index (χ2n) is 5.33. The molecule has 0 aromatic carbocycles. The van der Waals surface area contributed by atoms with Crippen molar-refractivity contribution in [2.24, 2.45) is 0 Å². The van der Waals surface area contributed by atoms with E-state index in [1.807, 2.05) is 20.8 Å². The number of nitrogens with zero attached hydrogens (tertiary/aromatic N) is 1. The molecule has 1 rings (SSSR count). The van der Waals surface area contributed by atoms with Gasteiger partial charge in [0.1, 0.15) is 0 Å². The molecule has 0 aliphatic carbocycles.